The summed E-state index contributed by atoms with van der Waals surface area (Å²) in [4.78, 5) is 13.6. The Kier molecular flexibility index (Phi) is 6.28. The molecule has 4 aromatic rings. The Morgan fingerprint density at radius 3 is 2.66 bits per heavy atom. The van der Waals surface area contributed by atoms with Crippen molar-refractivity contribution in [3.63, 3.8) is 0 Å². The third-order valence-electron chi connectivity index (χ3n) is 9.02. The van der Waals surface area contributed by atoms with E-state index < -0.39 is 11.6 Å². The Hall–Kier alpha value is -3.56. The Morgan fingerprint density at radius 1 is 1.10 bits per heavy atom. The lowest BCUT2D eigenvalue weighted by molar-refractivity contribution is 0.183. The van der Waals surface area contributed by atoms with Crippen molar-refractivity contribution >= 4 is 27.5 Å². The van der Waals surface area contributed by atoms with Crippen LogP contribution >= 0.6 is 0 Å². The molecule has 3 fully saturated rings. The van der Waals surface area contributed by atoms with E-state index in [1.165, 1.54) is 12.1 Å². The Labute approximate surface area is 238 Å². The first-order chi connectivity index (χ1) is 19.7. The zero-order valence-electron chi connectivity index (χ0n) is 23.6. The highest BCUT2D eigenvalue weighted by Gasteiger charge is 2.44. The van der Waals surface area contributed by atoms with Gasteiger partial charge in [0.2, 0.25) is 0 Å². The zero-order valence-corrected chi connectivity index (χ0v) is 23.6. The predicted molar refractivity (Wildman–Crippen MR) is 156 cm³/mol. The molecule has 0 radical (unpaired) electrons. The summed E-state index contributed by atoms with van der Waals surface area (Å²) in [5.74, 6) is -0.568. The molecule has 3 unspecified atom stereocenters. The quantitative estimate of drug-likeness (QED) is 0.317. The molecule has 3 aliphatic rings. The Morgan fingerprint density at radius 2 is 1.90 bits per heavy atom. The molecule has 1 aromatic heterocycles. The number of nitrogens with zero attached hydrogens (tertiary/aromatic N) is 4. The van der Waals surface area contributed by atoms with Crippen molar-refractivity contribution in [1.29, 1.82) is 0 Å². The third kappa shape index (κ3) is 4.75. The van der Waals surface area contributed by atoms with Crippen molar-refractivity contribution in [2.45, 2.75) is 38.3 Å². The summed E-state index contributed by atoms with van der Waals surface area (Å²) in [5.41, 5.74) is 0.112. The van der Waals surface area contributed by atoms with Gasteiger partial charge in [0, 0.05) is 42.5 Å². The SMILES string of the molecule is CC1CC2CN(c3nc(OCC4(CN(C)C)CC4)nc4c(F)c(-c5cc(O)cc6ccccc56)c(F)cc34)CC1N2. The number of piperazine rings is 1. The molecule has 3 atom stereocenters. The third-order valence-corrected chi connectivity index (χ3v) is 9.02. The molecule has 0 spiro atoms. The lowest BCUT2D eigenvalue weighted by Gasteiger charge is -2.35. The van der Waals surface area contributed by atoms with Crippen molar-refractivity contribution in [3.8, 4) is 22.9 Å². The molecule has 2 N–H and O–H groups in total. The Bertz CT molecular complexity index is 1660. The second-order valence-corrected chi connectivity index (χ2v) is 12.6. The summed E-state index contributed by atoms with van der Waals surface area (Å²) in [7, 11) is 4.09. The fraction of sp³-hybridized carbons (Fsp3) is 0.438. The maximum absolute atomic E-state index is 16.6. The highest BCUT2D eigenvalue weighted by molar-refractivity contribution is 6.01. The monoisotopic (exact) mass is 559 g/mol. The molecule has 41 heavy (non-hydrogen) atoms. The number of hydrogen-bond donors (Lipinski definition) is 2. The molecule has 1 aliphatic carbocycles. The van der Waals surface area contributed by atoms with Gasteiger partial charge >= 0.3 is 6.01 Å². The summed E-state index contributed by atoms with van der Waals surface area (Å²) in [6.07, 6.45) is 3.16. The molecule has 3 heterocycles. The lowest BCUT2D eigenvalue weighted by atomic mass is 9.95. The standard InChI is InChI=1S/C32H35F2N5O2/c1-18-10-20-14-39(15-26(18)35-20)30-24-13-25(33)27(23-12-21(40)11-19-6-4-5-7-22(19)23)28(34)29(24)36-31(37-30)41-17-32(8-9-32)16-38(2)3/h4-7,11-13,18,20,26,35,40H,8-10,14-17H2,1-3H3. The molecule has 214 valence electrons. The van der Waals surface area contributed by atoms with Crippen LogP contribution in [0.15, 0.2) is 42.5 Å². The number of benzene rings is 3. The number of aromatic nitrogens is 2. The first-order valence-corrected chi connectivity index (χ1v) is 14.4. The van der Waals surface area contributed by atoms with Crippen molar-refractivity contribution in [2.75, 3.05) is 45.2 Å². The maximum Gasteiger partial charge on any atom is 0.319 e. The van der Waals surface area contributed by atoms with E-state index in [-0.39, 0.29) is 39.9 Å². The van der Waals surface area contributed by atoms with E-state index in [2.05, 4.69) is 27.0 Å². The summed E-state index contributed by atoms with van der Waals surface area (Å²) in [6, 6.07) is 12.3. The van der Waals surface area contributed by atoms with E-state index in [4.69, 9.17) is 9.72 Å². The van der Waals surface area contributed by atoms with Crippen LogP contribution in [0.4, 0.5) is 14.6 Å². The Balaban J connectivity index is 1.37. The van der Waals surface area contributed by atoms with Crippen LogP contribution in [-0.4, -0.2) is 72.4 Å². The van der Waals surface area contributed by atoms with Gasteiger partial charge in [-0.2, -0.15) is 9.97 Å². The highest BCUT2D eigenvalue weighted by atomic mass is 19.1. The van der Waals surface area contributed by atoms with E-state index in [0.717, 1.165) is 25.8 Å². The van der Waals surface area contributed by atoms with Gasteiger partial charge in [-0.15, -0.1) is 0 Å². The second-order valence-electron chi connectivity index (χ2n) is 12.6. The lowest BCUT2D eigenvalue weighted by Crippen LogP contribution is -2.52. The van der Waals surface area contributed by atoms with E-state index in [1.807, 2.05) is 32.3 Å². The van der Waals surface area contributed by atoms with E-state index in [1.54, 1.807) is 12.1 Å². The summed E-state index contributed by atoms with van der Waals surface area (Å²) >= 11 is 0. The van der Waals surface area contributed by atoms with E-state index in [9.17, 15) is 5.11 Å². The normalized spacial score (nSPS) is 23.1. The van der Waals surface area contributed by atoms with Crippen LogP contribution in [0.2, 0.25) is 0 Å². The molecular formula is C32H35F2N5O2. The molecule has 7 rings (SSSR count). The van der Waals surface area contributed by atoms with E-state index in [0.29, 0.717) is 53.6 Å². The van der Waals surface area contributed by atoms with Gasteiger partial charge in [-0.3, -0.25) is 0 Å². The average molecular weight is 560 g/mol. The van der Waals surface area contributed by atoms with Gasteiger partial charge in [0.05, 0.1) is 12.2 Å². The van der Waals surface area contributed by atoms with Gasteiger partial charge in [-0.25, -0.2) is 8.78 Å². The van der Waals surface area contributed by atoms with Gasteiger partial charge in [-0.05, 0) is 73.8 Å². The van der Waals surface area contributed by atoms with Crippen molar-refractivity contribution in [3.05, 3.63) is 54.1 Å². The number of anilines is 1. The van der Waals surface area contributed by atoms with Crippen LogP contribution in [0.1, 0.15) is 26.2 Å². The molecule has 7 nitrogen and oxygen atoms in total. The molecule has 1 saturated carbocycles. The van der Waals surface area contributed by atoms with Crippen LogP contribution in [0.3, 0.4) is 0 Å². The minimum atomic E-state index is -0.787. The number of phenolic OH excluding ortho intramolecular Hbond substituents is 1. The van der Waals surface area contributed by atoms with Crippen molar-refractivity contribution in [2.24, 2.45) is 11.3 Å². The fourth-order valence-corrected chi connectivity index (χ4v) is 6.89. The van der Waals surface area contributed by atoms with Gasteiger partial charge in [0.15, 0.2) is 5.82 Å². The van der Waals surface area contributed by atoms with Crippen molar-refractivity contribution in [1.82, 2.24) is 20.2 Å². The summed E-state index contributed by atoms with van der Waals surface area (Å²) < 4.78 is 38.8. The van der Waals surface area contributed by atoms with Crippen molar-refractivity contribution < 1.29 is 18.6 Å². The molecular weight excluding hydrogens is 524 g/mol. The van der Waals surface area contributed by atoms with Gasteiger partial charge in [0.1, 0.15) is 22.9 Å². The number of aromatic hydroxyl groups is 1. The van der Waals surface area contributed by atoms with Crippen LogP contribution in [0.25, 0.3) is 32.8 Å². The maximum atomic E-state index is 16.6. The minimum Gasteiger partial charge on any atom is -0.508 e. The number of hydrogen-bond acceptors (Lipinski definition) is 7. The number of rotatable bonds is 7. The number of ether oxygens (including phenoxy) is 1. The number of nitrogens with one attached hydrogen (secondary N) is 1. The van der Waals surface area contributed by atoms with Crippen LogP contribution in [-0.2, 0) is 0 Å². The fourth-order valence-electron chi connectivity index (χ4n) is 6.89. The molecule has 9 heteroatoms. The highest BCUT2D eigenvalue weighted by Crippen LogP contribution is 2.46. The van der Waals surface area contributed by atoms with Gasteiger partial charge in [0.25, 0.3) is 0 Å². The topological polar surface area (TPSA) is 73.8 Å². The summed E-state index contributed by atoms with van der Waals surface area (Å²) in [5, 5.41) is 15.7. The number of phenols is 1. The number of fused-ring (bicyclic) bond motifs is 4. The van der Waals surface area contributed by atoms with E-state index >= 15 is 8.78 Å². The molecule has 3 aromatic carbocycles. The van der Waals surface area contributed by atoms with Gasteiger partial charge < -0.3 is 25.0 Å². The average Bonchev–Trinajstić information content (AvgIpc) is 3.64. The molecule has 2 bridgehead atoms. The second kappa shape index (κ2) is 9.77. The summed E-state index contributed by atoms with van der Waals surface area (Å²) in [6.45, 7) is 4.95. The minimum absolute atomic E-state index is 0.0187. The smallest absolute Gasteiger partial charge is 0.319 e. The largest absolute Gasteiger partial charge is 0.508 e. The first kappa shape index (κ1) is 26.3. The number of halogens is 2. The zero-order chi connectivity index (χ0) is 28.5. The first-order valence-electron chi connectivity index (χ1n) is 14.4. The molecule has 2 saturated heterocycles. The van der Waals surface area contributed by atoms with Crippen LogP contribution in [0.5, 0.6) is 11.8 Å². The molecule has 2 aliphatic heterocycles. The molecule has 0 amide bonds. The predicted octanol–water partition coefficient (Wildman–Crippen LogP) is 5.34. The van der Waals surface area contributed by atoms with Gasteiger partial charge in [-0.1, -0.05) is 31.2 Å². The van der Waals surface area contributed by atoms with Crippen LogP contribution in [0, 0.1) is 23.0 Å². The van der Waals surface area contributed by atoms with Crippen LogP contribution < -0.4 is 15.0 Å².